The number of nitrogens with zero attached hydrogens (tertiary/aromatic N) is 1. The molecular formula is C17H13N2. The second-order valence-electron chi connectivity index (χ2n) is 4.85. The van der Waals surface area contributed by atoms with Gasteiger partial charge in [0.15, 0.2) is 0 Å². The van der Waals surface area contributed by atoms with Gasteiger partial charge in [-0.05, 0) is 41.8 Å². The van der Waals surface area contributed by atoms with Crippen LogP contribution in [0, 0.1) is 6.07 Å². The summed E-state index contributed by atoms with van der Waals surface area (Å²) in [6, 6.07) is 20.1. The SMILES string of the molecule is Cn1c(-c2ccc3cc[nH]c3c2)cc2c[c]ccc21. The van der Waals surface area contributed by atoms with Crippen molar-refractivity contribution >= 4 is 21.8 Å². The summed E-state index contributed by atoms with van der Waals surface area (Å²) < 4.78 is 2.23. The fourth-order valence-corrected chi connectivity index (χ4v) is 2.71. The fraction of sp³-hybridized carbons (Fsp3) is 0.0588. The van der Waals surface area contributed by atoms with Crippen LogP contribution in [0.4, 0.5) is 0 Å². The van der Waals surface area contributed by atoms with Gasteiger partial charge in [0.2, 0.25) is 0 Å². The molecule has 0 unspecified atom stereocenters. The molecule has 2 heterocycles. The first-order chi connectivity index (χ1) is 9.33. The van der Waals surface area contributed by atoms with Crippen LogP contribution in [0.3, 0.4) is 0 Å². The van der Waals surface area contributed by atoms with Crippen molar-refractivity contribution in [2.45, 2.75) is 0 Å². The van der Waals surface area contributed by atoms with Gasteiger partial charge in [0.1, 0.15) is 0 Å². The van der Waals surface area contributed by atoms with Crippen molar-refractivity contribution in [3.05, 3.63) is 60.8 Å². The maximum atomic E-state index is 3.27. The van der Waals surface area contributed by atoms with Crippen molar-refractivity contribution < 1.29 is 0 Å². The molecule has 0 amide bonds. The Balaban J connectivity index is 2.00. The largest absolute Gasteiger partial charge is 0.361 e. The van der Waals surface area contributed by atoms with E-state index in [9.17, 15) is 0 Å². The van der Waals surface area contributed by atoms with Gasteiger partial charge in [-0.25, -0.2) is 0 Å². The monoisotopic (exact) mass is 245 g/mol. The number of aromatic amines is 1. The van der Waals surface area contributed by atoms with Crippen molar-refractivity contribution in [2.24, 2.45) is 7.05 Å². The van der Waals surface area contributed by atoms with Crippen molar-refractivity contribution in [2.75, 3.05) is 0 Å². The van der Waals surface area contributed by atoms with E-state index < -0.39 is 0 Å². The number of hydrogen-bond donors (Lipinski definition) is 1. The van der Waals surface area contributed by atoms with Crippen LogP contribution in [0.5, 0.6) is 0 Å². The first kappa shape index (κ1) is 10.4. The molecule has 0 spiro atoms. The second kappa shape index (κ2) is 3.75. The molecule has 0 saturated carbocycles. The van der Waals surface area contributed by atoms with Crippen LogP contribution in [0.25, 0.3) is 33.1 Å². The quantitative estimate of drug-likeness (QED) is 0.520. The normalized spacial score (nSPS) is 11.4. The Hall–Kier alpha value is -2.48. The molecule has 2 aromatic heterocycles. The van der Waals surface area contributed by atoms with Crippen LogP contribution in [0.15, 0.2) is 54.7 Å². The summed E-state index contributed by atoms with van der Waals surface area (Å²) in [6.07, 6.45) is 1.98. The average Bonchev–Trinajstić information content (AvgIpc) is 3.03. The molecule has 0 bridgehead atoms. The molecular weight excluding hydrogens is 232 g/mol. The number of nitrogens with one attached hydrogen (secondary N) is 1. The van der Waals surface area contributed by atoms with E-state index in [-0.39, 0.29) is 0 Å². The molecule has 0 fully saturated rings. The van der Waals surface area contributed by atoms with Crippen LogP contribution in [-0.2, 0) is 7.05 Å². The van der Waals surface area contributed by atoms with E-state index >= 15 is 0 Å². The Bertz CT molecular complexity index is 880. The third kappa shape index (κ3) is 1.50. The van der Waals surface area contributed by atoms with Gasteiger partial charge in [0.25, 0.3) is 0 Å². The van der Waals surface area contributed by atoms with Crippen LogP contribution < -0.4 is 0 Å². The van der Waals surface area contributed by atoms with E-state index in [1.165, 1.54) is 33.1 Å². The van der Waals surface area contributed by atoms with Crippen molar-refractivity contribution in [3.8, 4) is 11.3 Å². The highest BCUT2D eigenvalue weighted by molar-refractivity contribution is 5.90. The molecule has 0 saturated heterocycles. The lowest BCUT2D eigenvalue weighted by molar-refractivity contribution is 0.978. The van der Waals surface area contributed by atoms with Gasteiger partial charge in [-0.1, -0.05) is 18.2 Å². The van der Waals surface area contributed by atoms with Crippen molar-refractivity contribution in [3.63, 3.8) is 0 Å². The molecule has 0 aliphatic carbocycles. The number of aromatic nitrogens is 2. The summed E-state index contributed by atoms with van der Waals surface area (Å²) in [5.41, 5.74) is 4.87. The summed E-state index contributed by atoms with van der Waals surface area (Å²) in [4.78, 5) is 3.27. The minimum atomic E-state index is 1.18. The molecule has 19 heavy (non-hydrogen) atoms. The fourth-order valence-electron chi connectivity index (χ4n) is 2.71. The predicted octanol–water partition coefficient (Wildman–Crippen LogP) is 4.13. The molecule has 4 aromatic rings. The van der Waals surface area contributed by atoms with Crippen LogP contribution in [0.1, 0.15) is 0 Å². The molecule has 4 rings (SSSR count). The Morgan fingerprint density at radius 2 is 2.00 bits per heavy atom. The summed E-state index contributed by atoms with van der Waals surface area (Å²) >= 11 is 0. The summed E-state index contributed by atoms with van der Waals surface area (Å²) in [7, 11) is 2.11. The second-order valence-corrected chi connectivity index (χ2v) is 4.85. The molecule has 1 N–H and O–H groups in total. The van der Waals surface area contributed by atoms with E-state index in [1.54, 1.807) is 0 Å². The Morgan fingerprint density at radius 3 is 2.89 bits per heavy atom. The lowest BCUT2D eigenvalue weighted by Crippen LogP contribution is -1.90. The van der Waals surface area contributed by atoms with E-state index in [0.29, 0.717) is 0 Å². The third-order valence-corrected chi connectivity index (χ3v) is 3.74. The summed E-state index contributed by atoms with van der Waals surface area (Å²) in [5, 5.41) is 2.47. The molecule has 1 radical (unpaired) electrons. The lowest BCUT2D eigenvalue weighted by Gasteiger charge is -2.04. The minimum absolute atomic E-state index is 1.18. The number of H-pyrrole nitrogens is 1. The molecule has 2 aromatic carbocycles. The molecule has 0 aliphatic heterocycles. The topological polar surface area (TPSA) is 20.7 Å². The standard InChI is InChI=1S/C17H13N2/c1-19-16-5-3-2-4-13(16)11-17(19)14-7-6-12-8-9-18-15(12)10-14/h3-11,18H,1H3. The first-order valence-corrected chi connectivity index (χ1v) is 6.36. The predicted molar refractivity (Wildman–Crippen MR) is 79.0 cm³/mol. The number of benzene rings is 2. The van der Waals surface area contributed by atoms with E-state index in [0.717, 1.165) is 0 Å². The molecule has 2 nitrogen and oxygen atoms in total. The number of fused-ring (bicyclic) bond motifs is 2. The van der Waals surface area contributed by atoms with Crippen molar-refractivity contribution in [1.29, 1.82) is 0 Å². The Labute approximate surface area is 111 Å². The van der Waals surface area contributed by atoms with Crippen molar-refractivity contribution in [1.82, 2.24) is 9.55 Å². The van der Waals surface area contributed by atoms with Gasteiger partial charge in [-0.3, -0.25) is 0 Å². The summed E-state index contributed by atoms with van der Waals surface area (Å²) in [6.45, 7) is 0. The highest BCUT2D eigenvalue weighted by atomic mass is 14.9. The highest BCUT2D eigenvalue weighted by Crippen LogP contribution is 2.28. The zero-order chi connectivity index (χ0) is 12.8. The van der Waals surface area contributed by atoms with Crippen LogP contribution in [0.2, 0.25) is 0 Å². The maximum Gasteiger partial charge on any atom is 0.0489 e. The van der Waals surface area contributed by atoms with Crippen LogP contribution in [-0.4, -0.2) is 9.55 Å². The number of aryl methyl sites for hydroxylation is 1. The molecule has 0 atom stereocenters. The lowest BCUT2D eigenvalue weighted by atomic mass is 10.1. The molecule has 91 valence electrons. The minimum Gasteiger partial charge on any atom is -0.361 e. The van der Waals surface area contributed by atoms with E-state index in [4.69, 9.17) is 0 Å². The van der Waals surface area contributed by atoms with Gasteiger partial charge >= 0.3 is 0 Å². The summed E-state index contributed by atoms with van der Waals surface area (Å²) in [5.74, 6) is 0. The van der Waals surface area contributed by atoms with Gasteiger partial charge < -0.3 is 9.55 Å². The zero-order valence-corrected chi connectivity index (χ0v) is 10.6. The Morgan fingerprint density at radius 1 is 1.05 bits per heavy atom. The van der Waals surface area contributed by atoms with Gasteiger partial charge in [-0.15, -0.1) is 0 Å². The van der Waals surface area contributed by atoms with Gasteiger partial charge in [0.05, 0.1) is 0 Å². The first-order valence-electron chi connectivity index (χ1n) is 6.36. The molecule has 0 aliphatic rings. The van der Waals surface area contributed by atoms with E-state index in [1.807, 2.05) is 18.3 Å². The molecule has 2 heteroatoms. The highest BCUT2D eigenvalue weighted by Gasteiger charge is 2.08. The van der Waals surface area contributed by atoms with Gasteiger partial charge in [-0.2, -0.15) is 0 Å². The third-order valence-electron chi connectivity index (χ3n) is 3.74. The smallest absolute Gasteiger partial charge is 0.0489 e. The number of hydrogen-bond acceptors (Lipinski definition) is 0. The van der Waals surface area contributed by atoms with Crippen LogP contribution >= 0.6 is 0 Å². The maximum absolute atomic E-state index is 3.27. The average molecular weight is 245 g/mol. The zero-order valence-electron chi connectivity index (χ0n) is 10.6. The van der Waals surface area contributed by atoms with Gasteiger partial charge in [0, 0.05) is 40.9 Å². The van der Waals surface area contributed by atoms with E-state index in [2.05, 4.69) is 59.1 Å². The number of rotatable bonds is 1. The Kier molecular flexibility index (Phi) is 2.06.